The topological polar surface area (TPSA) is 94.5 Å². The summed E-state index contributed by atoms with van der Waals surface area (Å²) in [4.78, 5) is 11.9. The summed E-state index contributed by atoms with van der Waals surface area (Å²) in [5.74, 6) is 2.72. The van der Waals surface area contributed by atoms with Crippen LogP contribution < -0.4 is 9.47 Å². The highest BCUT2D eigenvalue weighted by Crippen LogP contribution is 2.45. The number of hydrogen-bond acceptors (Lipinski definition) is 7. The van der Waals surface area contributed by atoms with Crippen molar-refractivity contribution >= 4 is 5.97 Å². The molecule has 0 saturated heterocycles. The third-order valence-electron chi connectivity index (χ3n) is 10.5. The van der Waals surface area contributed by atoms with Crippen LogP contribution in [0.4, 0.5) is 13.2 Å². The lowest BCUT2D eigenvalue weighted by Gasteiger charge is -2.38. The van der Waals surface area contributed by atoms with Crippen molar-refractivity contribution in [2.75, 3.05) is 26.8 Å². The molecule has 7 nitrogen and oxygen atoms in total. The minimum atomic E-state index is -4.04. The molecule has 0 spiro atoms. The Morgan fingerprint density at radius 1 is 0.820 bits per heavy atom. The molecule has 0 bridgehead atoms. The fraction of sp³-hybridized carbons (Fsp3) is 0.575. The molecule has 2 aromatic rings. The minimum absolute atomic E-state index is 0.0723. The molecule has 2 aromatic carbocycles. The van der Waals surface area contributed by atoms with Crippen molar-refractivity contribution in [1.82, 2.24) is 0 Å². The number of aliphatic hydroxyl groups excluding tert-OH is 2. The Morgan fingerprint density at radius 3 is 2.00 bits per heavy atom. The van der Waals surface area contributed by atoms with Crippen LogP contribution >= 0.6 is 0 Å². The quantitative estimate of drug-likeness (QED) is 0.0526. The maximum Gasteiger partial charge on any atom is 0.389 e. The maximum absolute atomic E-state index is 12.4. The molecular weight excluding hydrogens is 649 g/mol. The number of carbonyl (C=O) groups is 1. The summed E-state index contributed by atoms with van der Waals surface area (Å²) in [6, 6.07) is 13.9. The van der Waals surface area contributed by atoms with Gasteiger partial charge in [-0.3, -0.25) is 0 Å². The van der Waals surface area contributed by atoms with E-state index in [1.54, 1.807) is 13.0 Å². The van der Waals surface area contributed by atoms with E-state index in [0.29, 0.717) is 35.3 Å². The van der Waals surface area contributed by atoms with Crippen molar-refractivity contribution in [3.8, 4) is 22.6 Å². The summed E-state index contributed by atoms with van der Waals surface area (Å²) in [5.41, 5.74) is 3.58. The molecule has 10 heteroatoms. The van der Waals surface area contributed by atoms with Gasteiger partial charge in [-0.1, -0.05) is 63.1 Å². The highest BCUT2D eigenvalue weighted by atomic mass is 19.4. The van der Waals surface area contributed by atoms with Gasteiger partial charge in [-0.15, -0.1) is 0 Å². The van der Waals surface area contributed by atoms with Gasteiger partial charge in [0.2, 0.25) is 6.79 Å². The molecule has 2 saturated carbocycles. The second-order valence-corrected chi connectivity index (χ2v) is 13.9. The van der Waals surface area contributed by atoms with Gasteiger partial charge >= 0.3 is 12.1 Å². The van der Waals surface area contributed by atoms with Crippen molar-refractivity contribution in [2.45, 2.75) is 102 Å². The molecule has 0 heterocycles. The number of esters is 1. The number of carbonyl (C=O) groups excluding carboxylic acids is 1. The molecule has 2 fully saturated rings. The normalized spacial score (nSPS) is 21.6. The second kappa shape index (κ2) is 19.3. The number of alkyl halides is 3. The van der Waals surface area contributed by atoms with Crippen LogP contribution in [-0.2, 0) is 14.3 Å². The zero-order chi connectivity index (χ0) is 36.1. The van der Waals surface area contributed by atoms with Crippen LogP contribution in [0.25, 0.3) is 11.1 Å². The average Bonchev–Trinajstić information content (AvgIpc) is 3.12. The SMILES string of the molecule is C=C(CO)C(=O)OCOc1cc(OCO[C@H](C)C(=C)CO)cc(-c2ccc(C3CCC(C4CCC(CCCCC(F)(F)F)CC4)CC3)cc2)c1. The first-order valence-corrected chi connectivity index (χ1v) is 17.9. The molecule has 1 atom stereocenters. The summed E-state index contributed by atoms with van der Waals surface area (Å²) < 4.78 is 59.6. The van der Waals surface area contributed by atoms with E-state index in [2.05, 4.69) is 37.4 Å². The number of hydrogen-bond donors (Lipinski definition) is 2. The average molecular weight is 703 g/mol. The maximum atomic E-state index is 12.4. The van der Waals surface area contributed by atoms with Crippen molar-refractivity contribution < 1.29 is 47.1 Å². The van der Waals surface area contributed by atoms with Crippen LogP contribution in [0.15, 0.2) is 66.8 Å². The van der Waals surface area contributed by atoms with Crippen molar-refractivity contribution in [2.24, 2.45) is 17.8 Å². The van der Waals surface area contributed by atoms with Gasteiger partial charge in [-0.05, 0) is 110 Å². The predicted octanol–water partition coefficient (Wildman–Crippen LogP) is 9.27. The Kier molecular flexibility index (Phi) is 15.2. The lowest BCUT2D eigenvalue weighted by Crippen LogP contribution is -2.25. The highest BCUT2D eigenvalue weighted by Gasteiger charge is 2.32. The second-order valence-electron chi connectivity index (χ2n) is 13.9. The molecule has 0 aliphatic heterocycles. The summed E-state index contributed by atoms with van der Waals surface area (Å²) in [6.07, 6.45) is 6.29. The van der Waals surface area contributed by atoms with Crippen molar-refractivity contribution in [3.05, 3.63) is 72.3 Å². The first-order valence-electron chi connectivity index (χ1n) is 17.9. The Morgan fingerprint density at radius 2 is 1.42 bits per heavy atom. The van der Waals surface area contributed by atoms with Gasteiger partial charge in [0.05, 0.1) is 24.9 Å². The molecule has 50 heavy (non-hydrogen) atoms. The van der Waals surface area contributed by atoms with Crippen LogP contribution in [-0.4, -0.2) is 55.3 Å². The molecule has 276 valence electrons. The fourth-order valence-corrected chi connectivity index (χ4v) is 7.25. The van der Waals surface area contributed by atoms with E-state index in [1.807, 2.05) is 12.1 Å². The minimum Gasteiger partial charge on any atom is -0.467 e. The summed E-state index contributed by atoms with van der Waals surface area (Å²) in [5, 5.41) is 18.4. The summed E-state index contributed by atoms with van der Waals surface area (Å²) >= 11 is 0. The molecule has 4 rings (SSSR count). The molecule has 2 aliphatic carbocycles. The Bertz CT molecular complexity index is 1370. The first-order chi connectivity index (χ1) is 24.0. The van der Waals surface area contributed by atoms with Gasteiger partial charge in [0.25, 0.3) is 0 Å². The summed E-state index contributed by atoms with van der Waals surface area (Å²) in [6.45, 7) is 7.86. The van der Waals surface area contributed by atoms with Crippen LogP contribution in [0.1, 0.15) is 95.5 Å². The van der Waals surface area contributed by atoms with Crippen LogP contribution in [0.2, 0.25) is 0 Å². The molecule has 0 amide bonds. The summed E-state index contributed by atoms with van der Waals surface area (Å²) in [7, 11) is 0. The lowest BCUT2D eigenvalue weighted by atomic mass is 9.68. The van der Waals surface area contributed by atoms with E-state index < -0.39 is 31.3 Å². The molecule has 0 radical (unpaired) electrons. The van der Waals surface area contributed by atoms with Crippen molar-refractivity contribution in [3.63, 3.8) is 0 Å². The highest BCUT2D eigenvalue weighted by molar-refractivity contribution is 5.87. The first kappa shape index (κ1) is 39.4. The van der Waals surface area contributed by atoms with Gasteiger partial charge < -0.3 is 29.2 Å². The Labute approximate surface area is 294 Å². The van der Waals surface area contributed by atoms with Gasteiger partial charge in [0.1, 0.15) is 11.5 Å². The van der Waals surface area contributed by atoms with E-state index in [0.717, 1.165) is 55.1 Å². The number of aliphatic hydroxyl groups is 2. The van der Waals surface area contributed by atoms with Gasteiger partial charge in [-0.2, -0.15) is 13.2 Å². The fourth-order valence-electron chi connectivity index (χ4n) is 7.25. The zero-order valence-corrected chi connectivity index (χ0v) is 29.2. The molecule has 2 aliphatic rings. The van der Waals surface area contributed by atoms with Crippen molar-refractivity contribution in [1.29, 1.82) is 0 Å². The molecular formula is C40H53F3O7. The smallest absolute Gasteiger partial charge is 0.389 e. The van der Waals surface area contributed by atoms with E-state index in [1.165, 1.54) is 31.2 Å². The van der Waals surface area contributed by atoms with E-state index in [-0.39, 0.29) is 32.2 Å². The van der Waals surface area contributed by atoms with Crippen LogP contribution in [0.3, 0.4) is 0 Å². The molecule has 0 unspecified atom stereocenters. The zero-order valence-electron chi connectivity index (χ0n) is 29.2. The van der Waals surface area contributed by atoms with Gasteiger partial charge in [0.15, 0.2) is 6.79 Å². The lowest BCUT2D eigenvalue weighted by molar-refractivity contribution is -0.145. The monoisotopic (exact) mass is 702 g/mol. The third-order valence-corrected chi connectivity index (χ3v) is 10.5. The number of ether oxygens (including phenoxy) is 4. The van der Waals surface area contributed by atoms with Gasteiger partial charge in [-0.25, -0.2) is 4.79 Å². The largest absolute Gasteiger partial charge is 0.467 e. The van der Waals surface area contributed by atoms with E-state index in [9.17, 15) is 23.1 Å². The predicted molar refractivity (Wildman–Crippen MR) is 187 cm³/mol. The van der Waals surface area contributed by atoms with E-state index in [4.69, 9.17) is 24.1 Å². The number of halogens is 3. The Balaban J connectivity index is 1.31. The molecule has 2 N–H and O–H groups in total. The number of unbranched alkanes of at least 4 members (excludes halogenated alkanes) is 1. The van der Waals surface area contributed by atoms with Crippen LogP contribution in [0, 0.1) is 17.8 Å². The number of rotatable bonds is 18. The van der Waals surface area contributed by atoms with E-state index >= 15 is 0 Å². The molecule has 0 aromatic heterocycles. The van der Waals surface area contributed by atoms with Gasteiger partial charge in [0, 0.05) is 12.5 Å². The van der Waals surface area contributed by atoms with Crippen LogP contribution in [0.5, 0.6) is 11.5 Å². The number of benzene rings is 2. The standard InChI is InChI=1S/C40H53F3O7/c1-27(23-44)29(3)47-25-48-37-20-36(21-38(22-37)49-26-50-39(46)28(2)24-45)35-17-15-34(16-18-35)33-13-11-32(12-14-33)31-9-7-30(8-10-31)6-4-5-19-40(41,42)43/h15-18,20-22,29-33,44-45H,1-2,4-14,19,23-26H2,3H3/t29-,30?,31?,32?,33?/m1/s1. The Hall–Kier alpha value is -3.34. The third kappa shape index (κ3) is 12.5.